The highest BCUT2D eigenvalue weighted by Gasteiger charge is 2.35. The van der Waals surface area contributed by atoms with Crippen molar-refractivity contribution in [1.82, 2.24) is 5.32 Å². The molecule has 4 aromatic carbocycles. The molecular weight excluding hydrogens is 558 g/mol. The van der Waals surface area contributed by atoms with Gasteiger partial charge in [-0.15, -0.1) is 0 Å². The zero-order valence-electron chi connectivity index (χ0n) is 24.3. The molecule has 0 aliphatic carbocycles. The first-order chi connectivity index (χ1) is 21.5. The molecule has 226 valence electrons. The van der Waals surface area contributed by atoms with Crippen molar-refractivity contribution in [2.24, 2.45) is 5.92 Å². The summed E-state index contributed by atoms with van der Waals surface area (Å²) in [4.78, 5) is 52.8. The lowest BCUT2D eigenvalue weighted by molar-refractivity contribution is -0.153. The van der Waals surface area contributed by atoms with E-state index in [0.29, 0.717) is 0 Å². The lowest BCUT2D eigenvalue weighted by Gasteiger charge is -2.22. The number of ether oxygens (including phenoxy) is 3. The third kappa shape index (κ3) is 10.5. The van der Waals surface area contributed by atoms with Gasteiger partial charge in [0, 0.05) is 6.42 Å². The Morgan fingerprint density at radius 1 is 0.545 bits per heavy atom. The van der Waals surface area contributed by atoms with E-state index in [0.717, 1.165) is 22.3 Å². The van der Waals surface area contributed by atoms with Gasteiger partial charge in [0.1, 0.15) is 25.7 Å². The van der Waals surface area contributed by atoms with Crippen LogP contribution in [0.1, 0.15) is 35.1 Å². The number of carbonyl (C=O) groups is 4. The highest BCUT2D eigenvalue weighted by Crippen LogP contribution is 2.18. The monoisotopic (exact) mass is 593 g/mol. The molecule has 0 bridgehead atoms. The van der Waals surface area contributed by atoms with Gasteiger partial charge in [-0.25, -0.2) is 4.79 Å². The molecule has 1 N–H and O–H groups in total. The van der Waals surface area contributed by atoms with Crippen LogP contribution in [-0.4, -0.2) is 29.9 Å². The summed E-state index contributed by atoms with van der Waals surface area (Å²) >= 11 is 0. The molecule has 8 heteroatoms. The molecule has 0 heterocycles. The van der Waals surface area contributed by atoms with Crippen LogP contribution in [0.25, 0.3) is 0 Å². The van der Waals surface area contributed by atoms with Crippen molar-refractivity contribution >= 4 is 23.8 Å². The van der Waals surface area contributed by atoms with E-state index in [2.05, 4.69) is 5.32 Å². The molecule has 0 fully saturated rings. The number of benzene rings is 4. The molecule has 0 radical (unpaired) electrons. The molecule has 2 atom stereocenters. The number of amides is 1. The number of hydrogen-bond acceptors (Lipinski definition) is 7. The van der Waals surface area contributed by atoms with Crippen LogP contribution in [-0.2, 0) is 54.8 Å². The molecule has 0 aliphatic heterocycles. The van der Waals surface area contributed by atoms with Gasteiger partial charge in [0.15, 0.2) is 5.78 Å². The first kappa shape index (κ1) is 31.7. The number of rotatable bonds is 15. The lowest BCUT2D eigenvalue weighted by Crippen LogP contribution is -2.46. The van der Waals surface area contributed by atoms with Gasteiger partial charge in [-0.1, -0.05) is 121 Å². The Kier molecular flexibility index (Phi) is 12.3. The van der Waals surface area contributed by atoms with Gasteiger partial charge >= 0.3 is 18.0 Å². The highest BCUT2D eigenvalue weighted by atomic mass is 16.6. The first-order valence-corrected chi connectivity index (χ1v) is 14.4. The average molecular weight is 594 g/mol. The van der Waals surface area contributed by atoms with Crippen LogP contribution in [0.4, 0.5) is 4.79 Å². The molecule has 0 aromatic heterocycles. The Labute approximate surface area is 257 Å². The molecule has 0 spiro atoms. The van der Waals surface area contributed by atoms with Crippen LogP contribution in [0.3, 0.4) is 0 Å². The van der Waals surface area contributed by atoms with Crippen LogP contribution in [0, 0.1) is 5.92 Å². The quantitative estimate of drug-likeness (QED) is 0.103. The first-order valence-electron chi connectivity index (χ1n) is 14.4. The van der Waals surface area contributed by atoms with E-state index in [1.54, 1.807) is 12.1 Å². The normalized spacial score (nSPS) is 11.9. The number of Topliss-reactive ketones (excluding diaryl/α,β-unsaturated/α-hetero) is 1. The summed E-state index contributed by atoms with van der Waals surface area (Å²) in [5, 5.41) is 2.58. The molecule has 0 aliphatic rings. The van der Waals surface area contributed by atoms with Crippen molar-refractivity contribution in [2.75, 3.05) is 0 Å². The third-order valence-electron chi connectivity index (χ3n) is 6.86. The second kappa shape index (κ2) is 17.0. The number of esters is 2. The molecule has 8 nitrogen and oxygen atoms in total. The highest BCUT2D eigenvalue weighted by molar-refractivity contribution is 6.03. The molecule has 4 aromatic rings. The van der Waals surface area contributed by atoms with Gasteiger partial charge < -0.3 is 19.5 Å². The molecule has 4 rings (SSSR count). The smallest absolute Gasteiger partial charge is 0.408 e. The summed E-state index contributed by atoms with van der Waals surface area (Å²) < 4.78 is 16.3. The molecule has 1 amide bonds. The second-order valence-electron chi connectivity index (χ2n) is 10.2. The largest absolute Gasteiger partial charge is 0.461 e. The minimum absolute atomic E-state index is 0.0126. The van der Waals surface area contributed by atoms with E-state index in [4.69, 9.17) is 14.2 Å². The topological polar surface area (TPSA) is 108 Å². The Bertz CT molecular complexity index is 1480. The molecule has 0 saturated carbocycles. The van der Waals surface area contributed by atoms with E-state index in [9.17, 15) is 19.2 Å². The average Bonchev–Trinajstić information content (AvgIpc) is 3.07. The van der Waals surface area contributed by atoms with Crippen molar-refractivity contribution in [3.8, 4) is 0 Å². The fraction of sp³-hybridized carbons (Fsp3) is 0.222. The maximum atomic E-state index is 14.0. The molecular formula is C36H35NO7. The molecule has 1 unspecified atom stereocenters. The van der Waals surface area contributed by atoms with E-state index in [1.807, 2.05) is 109 Å². The Balaban J connectivity index is 1.47. The van der Waals surface area contributed by atoms with Crippen LogP contribution < -0.4 is 5.32 Å². The maximum Gasteiger partial charge on any atom is 0.408 e. The van der Waals surface area contributed by atoms with E-state index < -0.39 is 35.8 Å². The minimum Gasteiger partial charge on any atom is -0.461 e. The SMILES string of the molecule is O=C(CC[C@H](NC(=O)OCc1ccccc1)C(=O)C(Cc1ccccc1)C(=O)OCc1ccccc1)OCc1ccccc1. The predicted octanol–water partition coefficient (Wildman–Crippen LogP) is 5.98. The summed E-state index contributed by atoms with van der Waals surface area (Å²) in [5.74, 6) is -3.09. The van der Waals surface area contributed by atoms with Crippen LogP contribution in [0.15, 0.2) is 121 Å². The van der Waals surface area contributed by atoms with Gasteiger partial charge in [0.2, 0.25) is 0 Å². The van der Waals surface area contributed by atoms with Crippen molar-refractivity contribution in [2.45, 2.75) is 45.1 Å². The lowest BCUT2D eigenvalue weighted by atomic mass is 9.89. The second-order valence-corrected chi connectivity index (χ2v) is 10.2. The van der Waals surface area contributed by atoms with Crippen molar-refractivity contribution < 1.29 is 33.4 Å². The number of hydrogen-bond donors (Lipinski definition) is 1. The zero-order valence-corrected chi connectivity index (χ0v) is 24.3. The summed E-state index contributed by atoms with van der Waals surface area (Å²) in [7, 11) is 0. The van der Waals surface area contributed by atoms with E-state index in [1.165, 1.54) is 0 Å². The minimum atomic E-state index is -1.24. The van der Waals surface area contributed by atoms with Gasteiger partial charge in [-0.2, -0.15) is 0 Å². The number of carbonyl (C=O) groups excluding carboxylic acids is 4. The van der Waals surface area contributed by atoms with Crippen molar-refractivity contribution in [3.05, 3.63) is 144 Å². The number of nitrogens with one attached hydrogen (secondary N) is 1. The molecule has 44 heavy (non-hydrogen) atoms. The van der Waals surface area contributed by atoms with Gasteiger partial charge in [0.05, 0.1) is 6.04 Å². The maximum absolute atomic E-state index is 14.0. The van der Waals surface area contributed by atoms with Crippen molar-refractivity contribution in [3.63, 3.8) is 0 Å². The van der Waals surface area contributed by atoms with Crippen LogP contribution >= 0.6 is 0 Å². The van der Waals surface area contributed by atoms with Crippen molar-refractivity contribution in [1.29, 1.82) is 0 Å². The van der Waals surface area contributed by atoms with Crippen LogP contribution in [0.2, 0.25) is 0 Å². The Morgan fingerprint density at radius 2 is 0.977 bits per heavy atom. The fourth-order valence-corrected chi connectivity index (χ4v) is 4.49. The predicted molar refractivity (Wildman–Crippen MR) is 164 cm³/mol. The van der Waals surface area contributed by atoms with Crippen LogP contribution in [0.5, 0.6) is 0 Å². The standard InChI is InChI=1S/C36H35NO7/c38-33(42-24-28-15-7-2-8-16-28)22-21-32(37-36(41)44-26-30-19-11-4-12-20-30)34(39)31(23-27-13-5-1-6-14-27)35(40)43-25-29-17-9-3-10-18-29/h1-20,31-32H,21-26H2,(H,37,41)/t31?,32-/m0/s1. The summed E-state index contributed by atoms with van der Waals surface area (Å²) in [6, 6.07) is 35.3. The van der Waals surface area contributed by atoms with E-state index in [-0.39, 0.29) is 39.1 Å². The van der Waals surface area contributed by atoms with Gasteiger partial charge in [-0.3, -0.25) is 14.4 Å². The molecule has 0 saturated heterocycles. The number of ketones is 1. The Morgan fingerprint density at radius 3 is 1.48 bits per heavy atom. The van der Waals surface area contributed by atoms with E-state index >= 15 is 0 Å². The summed E-state index contributed by atoms with van der Waals surface area (Å²) in [6.45, 7) is 0.0494. The summed E-state index contributed by atoms with van der Waals surface area (Å²) in [6.07, 6.45) is -1.05. The third-order valence-corrected chi connectivity index (χ3v) is 6.86. The zero-order chi connectivity index (χ0) is 31.0. The summed E-state index contributed by atoms with van der Waals surface area (Å²) in [5.41, 5.74) is 3.10. The van der Waals surface area contributed by atoms with Gasteiger partial charge in [0.25, 0.3) is 0 Å². The fourth-order valence-electron chi connectivity index (χ4n) is 4.49. The Hall–Kier alpha value is -5.24. The van der Waals surface area contributed by atoms with Gasteiger partial charge in [-0.05, 0) is 35.1 Å². The number of alkyl carbamates (subject to hydrolysis) is 1.